The van der Waals surface area contributed by atoms with Crippen molar-refractivity contribution >= 4 is 5.69 Å². The predicted molar refractivity (Wildman–Crippen MR) is 72.8 cm³/mol. The van der Waals surface area contributed by atoms with E-state index in [4.69, 9.17) is 0 Å². The Bertz CT molecular complexity index is 468. The van der Waals surface area contributed by atoms with Crippen LogP contribution >= 0.6 is 0 Å². The monoisotopic (exact) mass is 284 g/mol. The first-order valence-corrected chi connectivity index (χ1v) is 7.22. The van der Waals surface area contributed by atoms with Crippen LogP contribution in [0.2, 0.25) is 0 Å². The maximum absolute atomic E-state index is 13.1. The zero-order valence-electron chi connectivity index (χ0n) is 11.3. The topological polar surface area (TPSA) is 15.3 Å². The Labute approximate surface area is 117 Å². The summed E-state index contributed by atoms with van der Waals surface area (Å²) in [6.07, 6.45) is 0.0421. The van der Waals surface area contributed by atoms with Crippen LogP contribution in [0.1, 0.15) is 31.2 Å². The highest BCUT2D eigenvalue weighted by atomic mass is 19.4. The molecule has 1 aromatic carbocycles. The van der Waals surface area contributed by atoms with E-state index in [1.165, 1.54) is 25.0 Å². The first-order valence-electron chi connectivity index (χ1n) is 7.22. The second kappa shape index (κ2) is 5.28. The summed E-state index contributed by atoms with van der Waals surface area (Å²) in [4.78, 5) is 1.93. The van der Waals surface area contributed by atoms with Crippen molar-refractivity contribution in [1.82, 2.24) is 5.32 Å². The van der Waals surface area contributed by atoms with E-state index in [1.54, 1.807) is 12.1 Å². The van der Waals surface area contributed by atoms with Gasteiger partial charge in [-0.1, -0.05) is 12.1 Å². The van der Waals surface area contributed by atoms with Gasteiger partial charge in [-0.3, -0.25) is 0 Å². The molecule has 0 radical (unpaired) electrons. The summed E-state index contributed by atoms with van der Waals surface area (Å²) in [5.41, 5.74) is -0.182. The van der Waals surface area contributed by atoms with E-state index in [1.807, 2.05) is 4.90 Å². The molecule has 1 unspecified atom stereocenters. The Morgan fingerprint density at radius 1 is 1.15 bits per heavy atom. The normalized spacial score (nSPS) is 23.4. The molecule has 2 fully saturated rings. The Morgan fingerprint density at radius 2 is 1.90 bits per heavy atom. The summed E-state index contributed by atoms with van der Waals surface area (Å²) in [6, 6.07) is 6.69. The Morgan fingerprint density at radius 3 is 2.60 bits per heavy atom. The lowest BCUT2D eigenvalue weighted by atomic mass is 10.1. The van der Waals surface area contributed by atoms with Gasteiger partial charge in [0.1, 0.15) is 0 Å². The summed E-state index contributed by atoms with van der Waals surface area (Å²) in [7, 11) is 0. The van der Waals surface area contributed by atoms with Crippen LogP contribution in [0.15, 0.2) is 24.3 Å². The first kappa shape index (κ1) is 13.7. The number of benzene rings is 1. The average Bonchev–Trinajstić information content (AvgIpc) is 3.12. The standard InChI is InChI=1S/C15H19F3N2/c16-15(17,18)13-5-1-2-6-14(13)20-9-3-4-12(20)10-19-11-7-8-11/h1-2,5-6,11-12,19H,3-4,7-10H2. The van der Waals surface area contributed by atoms with Crippen molar-refractivity contribution in [2.75, 3.05) is 18.0 Å². The predicted octanol–water partition coefficient (Wildman–Crippen LogP) is 3.43. The molecule has 1 N–H and O–H groups in total. The molecule has 1 aliphatic heterocycles. The number of nitrogens with zero attached hydrogens (tertiary/aromatic N) is 1. The van der Waals surface area contributed by atoms with Crippen molar-refractivity contribution in [3.63, 3.8) is 0 Å². The van der Waals surface area contributed by atoms with Gasteiger partial charge < -0.3 is 10.2 Å². The third-order valence-corrected chi connectivity index (χ3v) is 4.12. The quantitative estimate of drug-likeness (QED) is 0.911. The first-order chi connectivity index (χ1) is 9.55. The van der Waals surface area contributed by atoms with Crippen LogP contribution in [0, 0.1) is 0 Å². The van der Waals surface area contributed by atoms with Gasteiger partial charge in [0, 0.05) is 30.9 Å². The number of hydrogen-bond acceptors (Lipinski definition) is 2. The number of rotatable bonds is 4. The van der Waals surface area contributed by atoms with E-state index in [-0.39, 0.29) is 6.04 Å². The van der Waals surface area contributed by atoms with Gasteiger partial charge in [-0.2, -0.15) is 13.2 Å². The molecule has 1 aromatic rings. The molecular weight excluding hydrogens is 265 g/mol. The van der Waals surface area contributed by atoms with Crippen LogP contribution in [0.4, 0.5) is 18.9 Å². The van der Waals surface area contributed by atoms with E-state index in [2.05, 4.69) is 5.32 Å². The van der Waals surface area contributed by atoms with Crippen molar-refractivity contribution in [3.8, 4) is 0 Å². The van der Waals surface area contributed by atoms with E-state index >= 15 is 0 Å². The molecule has 3 rings (SSSR count). The molecule has 110 valence electrons. The molecule has 1 saturated carbocycles. The number of para-hydroxylation sites is 1. The largest absolute Gasteiger partial charge is 0.418 e. The van der Waals surface area contributed by atoms with Crippen molar-refractivity contribution in [2.45, 2.75) is 43.9 Å². The average molecular weight is 284 g/mol. The van der Waals surface area contributed by atoms with E-state index < -0.39 is 11.7 Å². The summed E-state index contributed by atoms with van der Waals surface area (Å²) >= 11 is 0. The fourth-order valence-corrected chi connectivity index (χ4v) is 2.92. The summed E-state index contributed by atoms with van der Waals surface area (Å²) in [5, 5.41) is 3.43. The molecule has 1 saturated heterocycles. The maximum Gasteiger partial charge on any atom is 0.418 e. The third kappa shape index (κ3) is 2.92. The second-order valence-corrected chi connectivity index (χ2v) is 5.69. The molecule has 2 aliphatic rings. The van der Waals surface area contributed by atoms with Gasteiger partial charge in [0.05, 0.1) is 5.56 Å². The van der Waals surface area contributed by atoms with E-state index in [0.29, 0.717) is 18.3 Å². The van der Waals surface area contributed by atoms with Gasteiger partial charge in [0.2, 0.25) is 0 Å². The van der Waals surface area contributed by atoms with Crippen molar-refractivity contribution in [2.24, 2.45) is 0 Å². The third-order valence-electron chi connectivity index (χ3n) is 4.12. The highest BCUT2D eigenvalue weighted by molar-refractivity contribution is 5.56. The Kier molecular flexibility index (Phi) is 3.63. The summed E-state index contributed by atoms with van der Waals surface area (Å²) < 4.78 is 39.3. The number of halogens is 3. The SMILES string of the molecule is FC(F)(F)c1ccccc1N1CCCC1CNC1CC1. The van der Waals surface area contributed by atoms with Crippen LogP contribution in [0.25, 0.3) is 0 Å². The van der Waals surface area contributed by atoms with Crippen LogP contribution in [-0.2, 0) is 6.18 Å². The molecule has 1 heterocycles. The smallest absolute Gasteiger partial charge is 0.367 e. The fraction of sp³-hybridized carbons (Fsp3) is 0.600. The van der Waals surface area contributed by atoms with E-state index in [0.717, 1.165) is 19.4 Å². The molecule has 0 bridgehead atoms. The van der Waals surface area contributed by atoms with Crippen LogP contribution in [0.3, 0.4) is 0 Å². The lowest BCUT2D eigenvalue weighted by molar-refractivity contribution is -0.137. The molecule has 1 atom stereocenters. The minimum Gasteiger partial charge on any atom is -0.367 e. The van der Waals surface area contributed by atoms with Gasteiger partial charge >= 0.3 is 6.18 Å². The minimum atomic E-state index is -4.28. The molecule has 20 heavy (non-hydrogen) atoms. The molecule has 2 nitrogen and oxygen atoms in total. The zero-order valence-corrected chi connectivity index (χ0v) is 11.3. The second-order valence-electron chi connectivity index (χ2n) is 5.69. The highest BCUT2D eigenvalue weighted by Crippen LogP contribution is 2.38. The molecule has 1 aliphatic carbocycles. The number of nitrogens with one attached hydrogen (secondary N) is 1. The molecule has 0 aromatic heterocycles. The number of anilines is 1. The van der Waals surface area contributed by atoms with E-state index in [9.17, 15) is 13.2 Å². The Balaban J connectivity index is 1.79. The fourth-order valence-electron chi connectivity index (χ4n) is 2.92. The van der Waals surface area contributed by atoms with Gasteiger partial charge in [-0.15, -0.1) is 0 Å². The molecule has 0 amide bonds. The summed E-state index contributed by atoms with van der Waals surface area (Å²) in [6.45, 7) is 1.50. The van der Waals surface area contributed by atoms with Crippen molar-refractivity contribution < 1.29 is 13.2 Å². The highest BCUT2D eigenvalue weighted by Gasteiger charge is 2.37. The van der Waals surface area contributed by atoms with Crippen molar-refractivity contribution in [1.29, 1.82) is 0 Å². The molecule has 5 heteroatoms. The number of alkyl halides is 3. The Hall–Kier alpha value is -1.23. The van der Waals surface area contributed by atoms with Crippen molar-refractivity contribution in [3.05, 3.63) is 29.8 Å². The molecular formula is C15H19F3N2. The van der Waals surface area contributed by atoms with Crippen LogP contribution in [0.5, 0.6) is 0 Å². The lowest BCUT2D eigenvalue weighted by Gasteiger charge is -2.29. The van der Waals surface area contributed by atoms with Crippen LogP contribution in [-0.4, -0.2) is 25.2 Å². The van der Waals surface area contributed by atoms with Gasteiger partial charge in [-0.25, -0.2) is 0 Å². The minimum absolute atomic E-state index is 0.180. The van der Waals surface area contributed by atoms with Gasteiger partial charge in [-0.05, 0) is 37.8 Å². The van der Waals surface area contributed by atoms with Gasteiger partial charge in [0.15, 0.2) is 0 Å². The lowest BCUT2D eigenvalue weighted by Crippen LogP contribution is -2.39. The van der Waals surface area contributed by atoms with Gasteiger partial charge in [0.25, 0.3) is 0 Å². The number of hydrogen-bond donors (Lipinski definition) is 1. The summed E-state index contributed by atoms with van der Waals surface area (Å²) in [5.74, 6) is 0. The molecule has 0 spiro atoms. The zero-order chi connectivity index (χ0) is 14.2. The van der Waals surface area contributed by atoms with Crippen LogP contribution < -0.4 is 10.2 Å². The maximum atomic E-state index is 13.1.